The number of rotatable bonds is 4. The largest absolute Gasteiger partial charge is 0.478 e. The number of amides is 1. The van der Waals surface area contributed by atoms with Gasteiger partial charge in [-0.2, -0.15) is 0 Å². The van der Waals surface area contributed by atoms with E-state index in [0.29, 0.717) is 18.2 Å². The molecule has 0 radical (unpaired) electrons. The Kier molecular flexibility index (Phi) is 6.60. The third-order valence-corrected chi connectivity index (χ3v) is 5.40. The SMILES string of the molecule is CC(C)NC(=O)C1C=C2c3cccc4[nH]cc(c34)CC2N(C)C1.O=C(O)/C=C/C(=O)O. The molecule has 0 saturated carbocycles. The number of carbonyl (C=O) groups excluding carboxylic acids is 1. The number of aromatic nitrogens is 1. The smallest absolute Gasteiger partial charge is 0.328 e. The average molecular weight is 425 g/mol. The van der Waals surface area contributed by atoms with Crippen molar-refractivity contribution in [1.82, 2.24) is 15.2 Å². The summed E-state index contributed by atoms with van der Waals surface area (Å²) in [5, 5.41) is 20.0. The monoisotopic (exact) mass is 425 g/mol. The van der Waals surface area contributed by atoms with Crippen molar-refractivity contribution in [2.24, 2.45) is 5.92 Å². The number of aromatic amines is 1. The molecule has 1 aliphatic heterocycles. The molecule has 0 spiro atoms. The standard InChI is InChI=1S/C19H23N3O.C4H4O4/c1-11(2)21-19(23)13-7-15-14-5-4-6-16-18(14)12(9-20-16)8-17(15)22(3)10-13;5-3(6)1-2-4(7)8/h4-7,9,11,13,17,20H,8,10H2,1-3H3,(H,21,23);1-2H,(H,5,6)(H,7,8)/b;2-1+. The van der Waals surface area contributed by atoms with E-state index >= 15 is 0 Å². The van der Waals surface area contributed by atoms with E-state index in [1.807, 2.05) is 13.8 Å². The summed E-state index contributed by atoms with van der Waals surface area (Å²) in [5.41, 5.74) is 5.16. The molecular formula is C23H27N3O5. The van der Waals surface area contributed by atoms with Crippen molar-refractivity contribution in [2.45, 2.75) is 32.4 Å². The lowest BCUT2D eigenvalue weighted by atomic mass is 9.80. The zero-order valence-corrected chi connectivity index (χ0v) is 17.8. The highest BCUT2D eigenvalue weighted by atomic mass is 16.4. The number of aliphatic carboxylic acids is 2. The molecule has 1 aromatic carbocycles. The van der Waals surface area contributed by atoms with E-state index in [1.54, 1.807) is 0 Å². The molecule has 0 fully saturated rings. The number of carboxylic acid groups (broad SMARTS) is 2. The Morgan fingerprint density at radius 2 is 1.87 bits per heavy atom. The minimum absolute atomic E-state index is 0.0793. The first-order valence-corrected chi connectivity index (χ1v) is 10.1. The van der Waals surface area contributed by atoms with Crippen molar-refractivity contribution in [1.29, 1.82) is 0 Å². The number of benzene rings is 1. The first-order chi connectivity index (χ1) is 14.7. The average Bonchev–Trinajstić information content (AvgIpc) is 3.11. The quantitative estimate of drug-likeness (QED) is 0.558. The van der Waals surface area contributed by atoms with Gasteiger partial charge in [0.05, 0.1) is 5.92 Å². The van der Waals surface area contributed by atoms with Crippen molar-refractivity contribution in [2.75, 3.05) is 13.6 Å². The third kappa shape index (κ3) is 5.03. The van der Waals surface area contributed by atoms with Crippen molar-refractivity contribution in [3.05, 3.63) is 53.8 Å². The number of fused-ring (bicyclic) bond motifs is 2. The summed E-state index contributed by atoms with van der Waals surface area (Å²) < 4.78 is 0. The maximum atomic E-state index is 12.5. The molecule has 2 unspecified atom stereocenters. The molecular weight excluding hydrogens is 398 g/mol. The van der Waals surface area contributed by atoms with Crippen LogP contribution in [0.3, 0.4) is 0 Å². The van der Waals surface area contributed by atoms with E-state index in [0.717, 1.165) is 13.0 Å². The summed E-state index contributed by atoms with van der Waals surface area (Å²) in [6.45, 7) is 4.80. The molecule has 2 atom stereocenters. The predicted octanol–water partition coefficient (Wildman–Crippen LogP) is 2.27. The molecule has 8 heteroatoms. The van der Waals surface area contributed by atoms with Gasteiger partial charge in [0.15, 0.2) is 0 Å². The first kappa shape index (κ1) is 22.3. The van der Waals surface area contributed by atoms with E-state index in [-0.39, 0.29) is 17.9 Å². The van der Waals surface area contributed by atoms with Gasteiger partial charge in [-0.15, -0.1) is 0 Å². The van der Waals surface area contributed by atoms with Crippen LogP contribution in [-0.2, 0) is 20.8 Å². The number of nitrogens with zero attached hydrogens (tertiary/aromatic N) is 1. The van der Waals surface area contributed by atoms with Crippen LogP contribution in [0.15, 0.2) is 42.6 Å². The van der Waals surface area contributed by atoms with Crippen LogP contribution in [0.1, 0.15) is 25.0 Å². The molecule has 1 aromatic heterocycles. The normalized spacial score (nSPS) is 20.1. The number of likely N-dealkylation sites (N-methyl/N-ethyl adjacent to an activating group) is 1. The zero-order chi connectivity index (χ0) is 22.7. The van der Waals surface area contributed by atoms with Gasteiger partial charge >= 0.3 is 11.9 Å². The molecule has 164 valence electrons. The van der Waals surface area contributed by atoms with Crippen LogP contribution in [0.4, 0.5) is 0 Å². The van der Waals surface area contributed by atoms with Crippen molar-refractivity contribution < 1.29 is 24.6 Å². The number of carboxylic acids is 2. The van der Waals surface area contributed by atoms with Crippen LogP contribution < -0.4 is 5.32 Å². The minimum Gasteiger partial charge on any atom is -0.478 e. The Morgan fingerprint density at radius 3 is 2.48 bits per heavy atom. The molecule has 2 aliphatic rings. The fourth-order valence-electron chi connectivity index (χ4n) is 4.15. The fourth-order valence-corrected chi connectivity index (χ4v) is 4.15. The summed E-state index contributed by atoms with van der Waals surface area (Å²) in [7, 11) is 2.13. The van der Waals surface area contributed by atoms with Gasteiger partial charge in [-0.1, -0.05) is 18.2 Å². The zero-order valence-electron chi connectivity index (χ0n) is 17.8. The van der Waals surface area contributed by atoms with Gasteiger partial charge in [-0.05, 0) is 50.1 Å². The molecule has 4 rings (SSSR count). The van der Waals surface area contributed by atoms with Crippen LogP contribution in [0.2, 0.25) is 0 Å². The maximum Gasteiger partial charge on any atom is 0.328 e. The van der Waals surface area contributed by atoms with Crippen LogP contribution in [0, 0.1) is 5.92 Å². The van der Waals surface area contributed by atoms with Crippen molar-refractivity contribution >= 4 is 34.3 Å². The Hall–Kier alpha value is -3.39. The number of nitrogens with one attached hydrogen (secondary N) is 2. The predicted molar refractivity (Wildman–Crippen MR) is 118 cm³/mol. The van der Waals surface area contributed by atoms with Gasteiger partial charge in [0, 0.05) is 47.9 Å². The molecule has 1 amide bonds. The van der Waals surface area contributed by atoms with E-state index in [1.165, 1.54) is 27.6 Å². The molecule has 1 aliphatic carbocycles. The highest BCUT2D eigenvalue weighted by Gasteiger charge is 2.35. The Balaban J connectivity index is 0.000000293. The van der Waals surface area contributed by atoms with Crippen LogP contribution in [0.25, 0.3) is 16.5 Å². The number of carbonyl (C=O) groups is 3. The summed E-state index contributed by atoms with van der Waals surface area (Å²) in [4.78, 5) is 37.3. The Labute approximate surface area is 180 Å². The Bertz CT molecular complexity index is 1050. The summed E-state index contributed by atoms with van der Waals surface area (Å²) in [6, 6.07) is 6.95. The molecule has 4 N–H and O–H groups in total. The highest BCUT2D eigenvalue weighted by Crippen LogP contribution is 2.40. The summed E-state index contributed by atoms with van der Waals surface area (Å²) >= 11 is 0. The van der Waals surface area contributed by atoms with Gasteiger partial charge in [0.25, 0.3) is 0 Å². The molecule has 0 bridgehead atoms. The van der Waals surface area contributed by atoms with Gasteiger partial charge in [0.1, 0.15) is 0 Å². The number of hydrogen-bond donors (Lipinski definition) is 4. The van der Waals surface area contributed by atoms with Gasteiger partial charge in [0.2, 0.25) is 5.91 Å². The lowest BCUT2D eigenvalue weighted by molar-refractivity contribution is -0.134. The van der Waals surface area contributed by atoms with E-state index in [9.17, 15) is 14.4 Å². The topological polar surface area (TPSA) is 123 Å². The molecule has 0 saturated heterocycles. The van der Waals surface area contributed by atoms with Gasteiger partial charge in [-0.25, -0.2) is 9.59 Å². The number of hydrogen-bond acceptors (Lipinski definition) is 4. The molecule has 2 aromatic rings. The minimum atomic E-state index is -1.26. The lowest BCUT2D eigenvalue weighted by Gasteiger charge is -2.39. The van der Waals surface area contributed by atoms with Crippen LogP contribution >= 0.6 is 0 Å². The molecule has 31 heavy (non-hydrogen) atoms. The van der Waals surface area contributed by atoms with E-state index in [4.69, 9.17) is 10.2 Å². The van der Waals surface area contributed by atoms with Gasteiger partial charge < -0.3 is 20.5 Å². The van der Waals surface area contributed by atoms with Crippen molar-refractivity contribution in [3.8, 4) is 0 Å². The van der Waals surface area contributed by atoms with E-state index in [2.05, 4.69) is 52.7 Å². The summed E-state index contributed by atoms with van der Waals surface area (Å²) in [6.07, 6.45) is 6.46. The second-order valence-corrected chi connectivity index (χ2v) is 8.10. The second-order valence-electron chi connectivity index (χ2n) is 8.10. The second kappa shape index (κ2) is 9.18. The lowest BCUT2D eigenvalue weighted by Crippen LogP contribution is -2.47. The third-order valence-electron chi connectivity index (χ3n) is 5.40. The van der Waals surface area contributed by atoms with Crippen LogP contribution in [0.5, 0.6) is 0 Å². The van der Waals surface area contributed by atoms with Crippen molar-refractivity contribution in [3.63, 3.8) is 0 Å². The summed E-state index contributed by atoms with van der Waals surface area (Å²) in [5.74, 6) is -2.46. The van der Waals surface area contributed by atoms with E-state index < -0.39 is 11.9 Å². The van der Waals surface area contributed by atoms with Crippen LogP contribution in [-0.4, -0.2) is 63.6 Å². The first-order valence-electron chi connectivity index (χ1n) is 10.1. The van der Waals surface area contributed by atoms with Gasteiger partial charge in [-0.3, -0.25) is 9.69 Å². The fraction of sp³-hybridized carbons (Fsp3) is 0.348. The maximum absolute atomic E-state index is 12.5. The molecule has 8 nitrogen and oxygen atoms in total. The highest BCUT2D eigenvalue weighted by molar-refractivity contribution is 5.99. The number of H-pyrrole nitrogens is 1. The molecule has 2 heterocycles. The Morgan fingerprint density at radius 1 is 1.19 bits per heavy atom.